The Morgan fingerprint density at radius 1 is 1.00 bits per heavy atom. The number of rotatable bonds is 6. The van der Waals surface area contributed by atoms with E-state index >= 15 is 0 Å². The van der Waals surface area contributed by atoms with Crippen molar-refractivity contribution in [2.24, 2.45) is 11.8 Å². The molecule has 1 saturated carbocycles. The molecule has 0 aliphatic heterocycles. The second-order valence-electron chi connectivity index (χ2n) is 7.59. The van der Waals surface area contributed by atoms with Gasteiger partial charge in [0.2, 0.25) is 0 Å². The van der Waals surface area contributed by atoms with E-state index in [0.29, 0.717) is 28.7 Å². The van der Waals surface area contributed by atoms with Crippen LogP contribution in [-0.4, -0.2) is 24.3 Å². The molecule has 1 aliphatic rings. The van der Waals surface area contributed by atoms with Gasteiger partial charge in [-0.25, -0.2) is 4.39 Å². The molecule has 3 atom stereocenters. The average Bonchev–Trinajstić information content (AvgIpc) is 2.70. The Hall–Kier alpha value is -2.69. The normalized spacial score (nSPS) is 21.8. The number of amides is 1. The molecule has 0 radical (unpaired) electrons. The van der Waals surface area contributed by atoms with Crippen LogP contribution in [0.1, 0.15) is 49.0 Å². The third-order valence-corrected chi connectivity index (χ3v) is 5.65. The zero-order chi connectivity index (χ0) is 20.1. The van der Waals surface area contributed by atoms with Crippen LogP contribution in [0.5, 0.6) is 5.75 Å². The van der Waals surface area contributed by atoms with Gasteiger partial charge in [0, 0.05) is 17.2 Å². The molecule has 3 rings (SSSR count). The van der Waals surface area contributed by atoms with Crippen LogP contribution in [0.25, 0.3) is 0 Å². The number of halogens is 1. The molecule has 148 valence electrons. The highest BCUT2D eigenvalue weighted by atomic mass is 19.1. The average molecular weight is 383 g/mol. The van der Waals surface area contributed by atoms with Gasteiger partial charge in [0.1, 0.15) is 11.6 Å². The molecule has 0 heterocycles. The molecular weight excluding hydrogens is 357 g/mol. The van der Waals surface area contributed by atoms with Crippen molar-refractivity contribution < 1.29 is 18.7 Å². The van der Waals surface area contributed by atoms with Gasteiger partial charge in [-0.05, 0) is 66.8 Å². The van der Waals surface area contributed by atoms with Gasteiger partial charge in [0.15, 0.2) is 12.4 Å². The predicted molar refractivity (Wildman–Crippen MR) is 106 cm³/mol. The third-order valence-electron chi connectivity index (χ3n) is 5.65. The van der Waals surface area contributed by atoms with Crippen molar-refractivity contribution in [2.75, 3.05) is 6.61 Å². The number of benzene rings is 2. The summed E-state index contributed by atoms with van der Waals surface area (Å²) in [7, 11) is 0. The number of ether oxygens (including phenoxy) is 1. The highest BCUT2D eigenvalue weighted by Crippen LogP contribution is 2.29. The molecule has 4 nitrogen and oxygen atoms in total. The summed E-state index contributed by atoms with van der Waals surface area (Å²) < 4.78 is 18.5. The highest BCUT2D eigenvalue weighted by molar-refractivity contribution is 6.09. The van der Waals surface area contributed by atoms with E-state index in [4.69, 9.17) is 4.74 Å². The largest absolute Gasteiger partial charge is 0.484 e. The monoisotopic (exact) mass is 383 g/mol. The fraction of sp³-hybridized carbons (Fsp3) is 0.391. The minimum absolute atomic E-state index is 0.0527. The van der Waals surface area contributed by atoms with Crippen molar-refractivity contribution in [3.05, 3.63) is 65.5 Å². The molecule has 0 spiro atoms. The summed E-state index contributed by atoms with van der Waals surface area (Å²) in [4.78, 5) is 24.6. The zero-order valence-electron chi connectivity index (χ0n) is 16.3. The predicted octanol–water partition coefficient (Wildman–Crippen LogP) is 4.38. The summed E-state index contributed by atoms with van der Waals surface area (Å²) in [6.45, 7) is 4.36. The van der Waals surface area contributed by atoms with Crippen molar-refractivity contribution in [1.29, 1.82) is 0 Å². The smallest absolute Gasteiger partial charge is 0.258 e. The van der Waals surface area contributed by atoms with Gasteiger partial charge < -0.3 is 10.1 Å². The molecule has 0 saturated heterocycles. The van der Waals surface area contributed by atoms with Crippen LogP contribution in [0.4, 0.5) is 4.39 Å². The van der Waals surface area contributed by atoms with Gasteiger partial charge in [-0.3, -0.25) is 9.59 Å². The highest BCUT2D eigenvalue weighted by Gasteiger charge is 2.28. The summed E-state index contributed by atoms with van der Waals surface area (Å²) in [5, 5.41) is 3.08. The summed E-state index contributed by atoms with van der Waals surface area (Å²) in [6.07, 6.45) is 3.37. The Kier molecular flexibility index (Phi) is 6.45. The molecule has 0 unspecified atom stereocenters. The van der Waals surface area contributed by atoms with Crippen molar-refractivity contribution in [3.8, 4) is 5.75 Å². The summed E-state index contributed by atoms with van der Waals surface area (Å²) in [6, 6.07) is 12.3. The van der Waals surface area contributed by atoms with Crippen LogP contribution >= 0.6 is 0 Å². The molecule has 1 aliphatic carbocycles. The van der Waals surface area contributed by atoms with E-state index in [0.717, 1.165) is 12.8 Å². The lowest BCUT2D eigenvalue weighted by molar-refractivity contribution is -0.124. The van der Waals surface area contributed by atoms with Crippen LogP contribution in [0.3, 0.4) is 0 Å². The van der Waals surface area contributed by atoms with E-state index in [1.165, 1.54) is 30.7 Å². The minimum Gasteiger partial charge on any atom is -0.484 e. The topological polar surface area (TPSA) is 55.4 Å². The lowest BCUT2D eigenvalue weighted by Gasteiger charge is -2.34. The molecule has 28 heavy (non-hydrogen) atoms. The molecule has 1 amide bonds. The zero-order valence-corrected chi connectivity index (χ0v) is 16.3. The fourth-order valence-electron chi connectivity index (χ4n) is 3.65. The first-order chi connectivity index (χ1) is 13.4. The Bertz CT molecular complexity index is 817. The Morgan fingerprint density at radius 3 is 2.25 bits per heavy atom. The van der Waals surface area contributed by atoms with Crippen LogP contribution in [0.15, 0.2) is 48.5 Å². The molecular formula is C23H26FNO3. The number of ketones is 1. The quantitative estimate of drug-likeness (QED) is 0.754. The Morgan fingerprint density at radius 2 is 1.61 bits per heavy atom. The molecule has 5 heteroatoms. The van der Waals surface area contributed by atoms with Crippen LogP contribution in [0.2, 0.25) is 0 Å². The van der Waals surface area contributed by atoms with Crippen molar-refractivity contribution in [1.82, 2.24) is 5.32 Å². The van der Waals surface area contributed by atoms with E-state index in [1.807, 2.05) is 0 Å². The van der Waals surface area contributed by atoms with Crippen molar-refractivity contribution in [2.45, 2.75) is 39.2 Å². The van der Waals surface area contributed by atoms with E-state index in [9.17, 15) is 14.0 Å². The Balaban J connectivity index is 1.52. The first kappa shape index (κ1) is 20.1. The van der Waals surface area contributed by atoms with E-state index in [1.54, 1.807) is 24.3 Å². The van der Waals surface area contributed by atoms with Gasteiger partial charge in [-0.15, -0.1) is 0 Å². The summed E-state index contributed by atoms with van der Waals surface area (Å²) in [5.41, 5.74) is 0.902. The number of carbonyl (C=O) groups excluding carboxylic acids is 2. The second-order valence-corrected chi connectivity index (χ2v) is 7.59. The number of carbonyl (C=O) groups is 2. The molecule has 1 N–H and O–H groups in total. The SMILES string of the molecule is C[C@H]1[C@H](C)CCC[C@H]1NC(=O)COc1ccc(C(=O)c2ccc(F)cc2)cc1. The van der Waals surface area contributed by atoms with Gasteiger partial charge in [-0.2, -0.15) is 0 Å². The lowest BCUT2D eigenvalue weighted by atomic mass is 9.78. The van der Waals surface area contributed by atoms with Gasteiger partial charge in [0.05, 0.1) is 0 Å². The minimum atomic E-state index is -0.379. The number of hydrogen-bond donors (Lipinski definition) is 1. The van der Waals surface area contributed by atoms with E-state index < -0.39 is 0 Å². The maximum Gasteiger partial charge on any atom is 0.258 e. The standard InChI is InChI=1S/C23H26FNO3/c1-15-4-3-5-21(16(15)2)25-22(26)14-28-20-12-8-18(9-13-20)23(27)17-6-10-19(24)11-7-17/h6-13,15-16,21H,3-5,14H2,1-2H3,(H,25,26)/t15-,16+,21-/m1/s1. The van der Waals surface area contributed by atoms with Crippen molar-refractivity contribution in [3.63, 3.8) is 0 Å². The first-order valence-corrected chi connectivity index (χ1v) is 9.76. The summed E-state index contributed by atoms with van der Waals surface area (Å²) >= 11 is 0. The second kappa shape index (κ2) is 9.00. The summed E-state index contributed by atoms with van der Waals surface area (Å²) in [5.74, 6) is 0.911. The Labute approximate surface area is 165 Å². The molecule has 2 aromatic rings. The van der Waals surface area contributed by atoms with Gasteiger partial charge >= 0.3 is 0 Å². The first-order valence-electron chi connectivity index (χ1n) is 9.76. The molecule has 0 aromatic heterocycles. The van der Waals surface area contributed by atoms with Crippen LogP contribution in [0, 0.1) is 17.7 Å². The molecule has 2 aromatic carbocycles. The number of nitrogens with one attached hydrogen (secondary N) is 1. The van der Waals surface area contributed by atoms with E-state index in [-0.39, 0.29) is 30.2 Å². The van der Waals surface area contributed by atoms with Gasteiger partial charge in [0.25, 0.3) is 5.91 Å². The maximum absolute atomic E-state index is 13.0. The lowest BCUT2D eigenvalue weighted by Crippen LogP contribution is -2.45. The number of hydrogen-bond acceptors (Lipinski definition) is 3. The van der Waals surface area contributed by atoms with Crippen molar-refractivity contribution >= 4 is 11.7 Å². The fourth-order valence-corrected chi connectivity index (χ4v) is 3.65. The maximum atomic E-state index is 13.0. The molecule has 1 fully saturated rings. The van der Waals surface area contributed by atoms with Gasteiger partial charge in [-0.1, -0.05) is 26.7 Å². The van der Waals surface area contributed by atoms with E-state index in [2.05, 4.69) is 19.2 Å². The molecule has 0 bridgehead atoms. The third kappa shape index (κ3) is 4.97. The van der Waals surface area contributed by atoms with Crippen LogP contribution < -0.4 is 10.1 Å². The van der Waals surface area contributed by atoms with Crippen LogP contribution in [-0.2, 0) is 4.79 Å².